The molecule has 0 aliphatic carbocycles. The minimum atomic E-state index is 0.522. The SMILES string of the molecule is Cc1ccc(Cl)cc1CNC1COC1. The first-order valence-electron chi connectivity index (χ1n) is 4.82. The Kier molecular flexibility index (Phi) is 3.06. The smallest absolute Gasteiger partial charge is 0.0643 e. The van der Waals surface area contributed by atoms with Crippen molar-refractivity contribution < 1.29 is 4.74 Å². The summed E-state index contributed by atoms with van der Waals surface area (Å²) in [7, 11) is 0. The van der Waals surface area contributed by atoms with Crippen molar-refractivity contribution in [2.75, 3.05) is 13.2 Å². The van der Waals surface area contributed by atoms with Gasteiger partial charge in [0.2, 0.25) is 0 Å². The van der Waals surface area contributed by atoms with E-state index in [1.165, 1.54) is 11.1 Å². The lowest BCUT2D eigenvalue weighted by Gasteiger charge is -2.27. The fourth-order valence-electron chi connectivity index (χ4n) is 1.44. The van der Waals surface area contributed by atoms with Gasteiger partial charge in [-0.1, -0.05) is 17.7 Å². The predicted octanol–water partition coefficient (Wildman–Crippen LogP) is 2.14. The summed E-state index contributed by atoms with van der Waals surface area (Å²) in [6.07, 6.45) is 0. The molecule has 2 rings (SSSR count). The van der Waals surface area contributed by atoms with Gasteiger partial charge in [0.1, 0.15) is 0 Å². The third-order valence-corrected chi connectivity index (χ3v) is 2.77. The van der Waals surface area contributed by atoms with Gasteiger partial charge < -0.3 is 10.1 Å². The Morgan fingerprint density at radius 2 is 2.29 bits per heavy atom. The van der Waals surface area contributed by atoms with Gasteiger partial charge in [-0.25, -0.2) is 0 Å². The molecule has 0 atom stereocenters. The van der Waals surface area contributed by atoms with Gasteiger partial charge >= 0.3 is 0 Å². The fourth-order valence-corrected chi connectivity index (χ4v) is 1.63. The molecular weight excluding hydrogens is 198 g/mol. The summed E-state index contributed by atoms with van der Waals surface area (Å²) < 4.78 is 5.09. The van der Waals surface area contributed by atoms with Gasteiger partial charge in [0.15, 0.2) is 0 Å². The van der Waals surface area contributed by atoms with E-state index in [2.05, 4.69) is 18.3 Å². The van der Waals surface area contributed by atoms with Gasteiger partial charge in [-0.2, -0.15) is 0 Å². The molecule has 14 heavy (non-hydrogen) atoms. The summed E-state index contributed by atoms with van der Waals surface area (Å²) in [5.74, 6) is 0. The topological polar surface area (TPSA) is 21.3 Å². The highest BCUT2D eigenvalue weighted by atomic mass is 35.5. The number of hydrogen-bond acceptors (Lipinski definition) is 2. The van der Waals surface area contributed by atoms with Crippen molar-refractivity contribution >= 4 is 11.6 Å². The summed E-state index contributed by atoms with van der Waals surface area (Å²) in [5.41, 5.74) is 2.55. The van der Waals surface area contributed by atoms with Crippen LogP contribution in [0.2, 0.25) is 5.02 Å². The maximum Gasteiger partial charge on any atom is 0.0643 e. The first kappa shape index (κ1) is 9.97. The molecule has 76 valence electrons. The van der Waals surface area contributed by atoms with Crippen molar-refractivity contribution in [3.8, 4) is 0 Å². The van der Waals surface area contributed by atoms with E-state index in [1.807, 2.05) is 12.1 Å². The lowest BCUT2D eigenvalue weighted by Crippen LogP contribution is -2.45. The molecule has 1 aliphatic rings. The van der Waals surface area contributed by atoms with Crippen molar-refractivity contribution in [1.82, 2.24) is 5.32 Å². The average molecular weight is 212 g/mol. The second kappa shape index (κ2) is 4.30. The van der Waals surface area contributed by atoms with Gasteiger partial charge in [0, 0.05) is 11.6 Å². The molecule has 3 heteroatoms. The molecule has 1 fully saturated rings. The molecule has 0 unspecified atom stereocenters. The second-order valence-electron chi connectivity index (χ2n) is 3.69. The van der Waals surface area contributed by atoms with Crippen molar-refractivity contribution in [1.29, 1.82) is 0 Å². The van der Waals surface area contributed by atoms with E-state index in [0.29, 0.717) is 6.04 Å². The van der Waals surface area contributed by atoms with Crippen LogP contribution in [0.1, 0.15) is 11.1 Å². The highest BCUT2D eigenvalue weighted by Crippen LogP contribution is 2.15. The zero-order chi connectivity index (χ0) is 9.97. The van der Waals surface area contributed by atoms with Gasteiger partial charge in [0.05, 0.1) is 19.3 Å². The first-order chi connectivity index (χ1) is 6.75. The number of hydrogen-bond donors (Lipinski definition) is 1. The molecule has 0 spiro atoms. The predicted molar refractivity (Wildman–Crippen MR) is 57.6 cm³/mol. The number of benzene rings is 1. The Morgan fingerprint density at radius 1 is 1.50 bits per heavy atom. The number of rotatable bonds is 3. The highest BCUT2D eigenvalue weighted by Gasteiger charge is 2.17. The van der Waals surface area contributed by atoms with E-state index in [9.17, 15) is 0 Å². The number of nitrogens with one attached hydrogen (secondary N) is 1. The lowest BCUT2D eigenvalue weighted by atomic mass is 10.1. The molecule has 1 aromatic rings. The van der Waals surface area contributed by atoms with Crippen LogP contribution in [0.3, 0.4) is 0 Å². The zero-order valence-corrected chi connectivity index (χ0v) is 8.97. The van der Waals surface area contributed by atoms with Crippen LogP contribution in [0, 0.1) is 6.92 Å². The van der Waals surface area contributed by atoms with Gasteiger partial charge in [-0.3, -0.25) is 0 Å². The summed E-state index contributed by atoms with van der Waals surface area (Å²) in [6, 6.07) is 6.51. The largest absolute Gasteiger partial charge is 0.378 e. The van der Waals surface area contributed by atoms with Gasteiger partial charge in [-0.15, -0.1) is 0 Å². The Morgan fingerprint density at radius 3 is 2.93 bits per heavy atom. The quantitative estimate of drug-likeness (QED) is 0.827. The molecule has 1 aliphatic heterocycles. The van der Waals surface area contributed by atoms with Crippen molar-refractivity contribution in [2.45, 2.75) is 19.5 Å². The molecule has 1 aromatic carbocycles. The van der Waals surface area contributed by atoms with Gasteiger partial charge in [-0.05, 0) is 30.2 Å². The Bertz CT molecular complexity index is 323. The van der Waals surface area contributed by atoms with Crippen LogP contribution >= 0.6 is 11.6 Å². The number of halogens is 1. The van der Waals surface area contributed by atoms with E-state index in [4.69, 9.17) is 16.3 Å². The van der Waals surface area contributed by atoms with Gasteiger partial charge in [0.25, 0.3) is 0 Å². The van der Waals surface area contributed by atoms with Crippen molar-refractivity contribution in [3.63, 3.8) is 0 Å². The molecule has 1 heterocycles. The van der Waals surface area contributed by atoms with Crippen LogP contribution < -0.4 is 5.32 Å². The molecule has 1 N–H and O–H groups in total. The monoisotopic (exact) mass is 211 g/mol. The summed E-state index contributed by atoms with van der Waals surface area (Å²) in [6.45, 7) is 4.64. The average Bonchev–Trinajstić information content (AvgIpc) is 2.08. The number of aryl methyl sites for hydroxylation is 1. The van der Waals surface area contributed by atoms with Crippen LogP contribution in [0.5, 0.6) is 0 Å². The third-order valence-electron chi connectivity index (χ3n) is 2.53. The van der Waals surface area contributed by atoms with Crippen LogP contribution in [0.25, 0.3) is 0 Å². The van der Waals surface area contributed by atoms with Crippen LogP contribution in [0.15, 0.2) is 18.2 Å². The van der Waals surface area contributed by atoms with Crippen LogP contribution in [-0.2, 0) is 11.3 Å². The molecule has 0 aromatic heterocycles. The molecule has 2 nitrogen and oxygen atoms in total. The molecular formula is C11H14ClNO. The molecule has 0 saturated carbocycles. The minimum Gasteiger partial charge on any atom is -0.378 e. The summed E-state index contributed by atoms with van der Waals surface area (Å²) in [5, 5.41) is 4.22. The molecule has 0 bridgehead atoms. The normalized spacial score (nSPS) is 16.7. The summed E-state index contributed by atoms with van der Waals surface area (Å²) >= 11 is 5.93. The first-order valence-corrected chi connectivity index (χ1v) is 5.19. The second-order valence-corrected chi connectivity index (χ2v) is 4.12. The van der Waals surface area contributed by atoms with E-state index < -0.39 is 0 Å². The Labute approximate surface area is 89.2 Å². The fraction of sp³-hybridized carbons (Fsp3) is 0.455. The van der Waals surface area contributed by atoms with E-state index in [1.54, 1.807) is 0 Å². The van der Waals surface area contributed by atoms with Crippen LogP contribution in [-0.4, -0.2) is 19.3 Å². The summed E-state index contributed by atoms with van der Waals surface area (Å²) in [4.78, 5) is 0. The maximum absolute atomic E-state index is 5.93. The minimum absolute atomic E-state index is 0.522. The number of ether oxygens (including phenoxy) is 1. The Balaban J connectivity index is 1.96. The van der Waals surface area contributed by atoms with Crippen molar-refractivity contribution in [3.05, 3.63) is 34.3 Å². The zero-order valence-electron chi connectivity index (χ0n) is 8.22. The third kappa shape index (κ3) is 2.27. The highest BCUT2D eigenvalue weighted by molar-refractivity contribution is 6.30. The van der Waals surface area contributed by atoms with E-state index in [0.717, 1.165) is 24.8 Å². The molecule has 1 saturated heterocycles. The lowest BCUT2D eigenvalue weighted by molar-refractivity contribution is -0.00580. The van der Waals surface area contributed by atoms with E-state index >= 15 is 0 Å². The Hall–Kier alpha value is -0.570. The standard InChI is InChI=1S/C11H14ClNO/c1-8-2-3-10(12)4-9(8)5-13-11-6-14-7-11/h2-4,11,13H,5-7H2,1H3. The molecule has 0 radical (unpaired) electrons. The van der Waals surface area contributed by atoms with Crippen molar-refractivity contribution in [2.24, 2.45) is 0 Å². The van der Waals surface area contributed by atoms with Crippen LogP contribution in [0.4, 0.5) is 0 Å². The molecule has 0 amide bonds. The van der Waals surface area contributed by atoms with E-state index in [-0.39, 0.29) is 0 Å². The maximum atomic E-state index is 5.93.